The van der Waals surface area contributed by atoms with Gasteiger partial charge in [0.2, 0.25) is 5.91 Å². The minimum Gasteiger partial charge on any atom is -0.423 e. The first kappa shape index (κ1) is 23.5. The Balaban J connectivity index is 1.61. The van der Waals surface area contributed by atoms with Gasteiger partial charge in [-0.25, -0.2) is 13.2 Å². The Morgan fingerprint density at radius 3 is 2.65 bits per heavy atom. The normalized spacial score (nSPS) is 12.9. The summed E-state index contributed by atoms with van der Waals surface area (Å²) in [5.74, 6) is -0.458. The van der Waals surface area contributed by atoms with E-state index in [2.05, 4.69) is 11.9 Å². The fourth-order valence-corrected chi connectivity index (χ4v) is 5.39. The molecule has 1 N–H and O–H groups in total. The highest BCUT2D eigenvalue weighted by Crippen LogP contribution is 2.31. The number of hydrogen-bond donors (Lipinski definition) is 1. The number of para-hydroxylation sites is 1. The predicted molar refractivity (Wildman–Crippen MR) is 131 cm³/mol. The fourth-order valence-electron chi connectivity index (χ4n) is 3.60. The lowest BCUT2D eigenvalue weighted by atomic mass is 10.0. The van der Waals surface area contributed by atoms with Crippen molar-refractivity contribution in [3.8, 4) is 5.75 Å². The van der Waals surface area contributed by atoms with Gasteiger partial charge in [-0.05, 0) is 60.5 Å². The minimum absolute atomic E-state index is 0.00754. The van der Waals surface area contributed by atoms with Crippen LogP contribution in [0.1, 0.15) is 22.3 Å². The summed E-state index contributed by atoms with van der Waals surface area (Å²) in [7, 11) is -4.06. The van der Waals surface area contributed by atoms with E-state index in [-0.39, 0.29) is 27.9 Å². The van der Waals surface area contributed by atoms with Crippen molar-refractivity contribution in [2.75, 3.05) is 16.2 Å². The highest BCUT2D eigenvalue weighted by Gasteiger charge is 2.27. The lowest BCUT2D eigenvalue weighted by molar-refractivity contribution is -0.116. The molecule has 7 nitrogen and oxygen atoms in total. The zero-order chi connectivity index (χ0) is 24.3. The molecule has 3 aromatic carbocycles. The maximum absolute atomic E-state index is 13.4. The molecule has 0 saturated heterocycles. The van der Waals surface area contributed by atoms with Crippen molar-refractivity contribution in [1.82, 2.24) is 0 Å². The smallest absolute Gasteiger partial charge is 0.343 e. The summed E-state index contributed by atoms with van der Waals surface area (Å²) in [6, 6.07) is 17.2. The van der Waals surface area contributed by atoms with E-state index in [9.17, 15) is 18.0 Å². The number of hydrogen-bond acceptors (Lipinski definition) is 5. The number of anilines is 2. The monoisotopic (exact) mass is 496 g/mol. The number of fused-ring (bicyclic) bond motifs is 1. The molecule has 0 aromatic heterocycles. The first-order valence-electron chi connectivity index (χ1n) is 10.4. The highest BCUT2D eigenvalue weighted by atomic mass is 35.5. The Bertz CT molecular complexity index is 1390. The molecule has 3 aromatic rings. The second-order valence-corrected chi connectivity index (χ2v) is 9.83. The number of amides is 1. The molecule has 0 saturated carbocycles. The summed E-state index contributed by atoms with van der Waals surface area (Å²) >= 11 is 6.24. The van der Waals surface area contributed by atoms with E-state index in [1.54, 1.807) is 42.5 Å². The molecular formula is C25H21ClN2O5S. The van der Waals surface area contributed by atoms with Crippen molar-refractivity contribution < 1.29 is 22.7 Å². The van der Waals surface area contributed by atoms with Crippen molar-refractivity contribution in [3.05, 3.63) is 95.5 Å². The van der Waals surface area contributed by atoms with E-state index in [0.29, 0.717) is 30.0 Å². The lowest BCUT2D eigenvalue weighted by Crippen LogP contribution is -2.31. The zero-order valence-corrected chi connectivity index (χ0v) is 19.6. The summed E-state index contributed by atoms with van der Waals surface area (Å²) in [6.07, 6.45) is 2.36. The van der Waals surface area contributed by atoms with E-state index >= 15 is 0 Å². The number of halogens is 1. The minimum atomic E-state index is -4.06. The highest BCUT2D eigenvalue weighted by molar-refractivity contribution is 7.92. The molecule has 4 rings (SSSR count). The zero-order valence-electron chi connectivity index (χ0n) is 18.0. The number of rotatable bonds is 7. The maximum Gasteiger partial charge on any atom is 0.343 e. The van der Waals surface area contributed by atoms with Crippen LogP contribution in [-0.4, -0.2) is 26.8 Å². The molecule has 0 atom stereocenters. The molecule has 1 heterocycles. The van der Waals surface area contributed by atoms with Crippen LogP contribution in [0.4, 0.5) is 11.4 Å². The summed E-state index contributed by atoms with van der Waals surface area (Å²) < 4.78 is 33.5. The van der Waals surface area contributed by atoms with Gasteiger partial charge in [0.1, 0.15) is 5.75 Å². The van der Waals surface area contributed by atoms with Gasteiger partial charge < -0.3 is 10.1 Å². The average Bonchev–Trinajstić information content (AvgIpc) is 2.83. The summed E-state index contributed by atoms with van der Waals surface area (Å²) in [5.41, 5.74) is 1.93. The van der Waals surface area contributed by atoms with Crippen LogP contribution < -0.4 is 14.4 Å². The van der Waals surface area contributed by atoms with Crippen LogP contribution in [0, 0.1) is 0 Å². The number of aryl methyl sites for hydroxylation is 1. The van der Waals surface area contributed by atoms with Gasteiger partial charge in [0.05, 0.1) is 27.7 Å². The molecule has 1 amide bonds. The molecule has 1 aliphatic heterocycles. The van der Waals surface area contributed by atoms with E-state index in [1.165, 1.54) is 30.3 Å². The maximum atomic E-state index is 13.4. The van der Waals surface area contributed by atoms with E-state index in [0.717, 1.165) is 9.87 Å². The second-order valence-electron chi connectivity index (χ2n) is 7.56. The third kappa shape index (κ3) is 4.83. The van der Waals surface area contributed by atoms with E-state index < -0.39 is 16.0 Å². The van der Waals surface area contributed by atoms with Crippen molar-refractivity contribution in [2.24, 2.45) is 0 Å². The van der Waals surface area contributed by atoms with Crippen LogP contribution in [0.2, 0.25) is 5.02 Å². The van der Waals surface area contributed by atoms with Gasteiger partial charge in [-0.1, -0.05) is 35.9 Å². The van der Waals surface area contributed by atoms with Crippen LogP contribution in [0.25, 0.3) is 0 Å². The Labute approximate surface area is 202 Å². The largest absolute Gasteiger partial charge is 0.423 e. The summed E-state index contributed by atoms with van der Waals surface area (Å²) in [4.78, 5) is 24.2. The number of sulfonamides is 1. The quantitative estimate of drug-likeness (QED) is 0.287. The Hall–Kier alpha value is -3.62. The average molecular weight is 497 g/mol. The lowest BCUT2D eigenvalue weighted by Gasteiger charge is -2.24. The second kappa shape index (κ2) is 9.70. The van der Waals surface area contributed by atoms with Gasteiger partial charge in [-0.2, -0.15) is 0 Å². The van der Waals surface area contributed by atoms with Crippen molar-refractivity contribution in [3.63, 3.8) is 0 Å². The molecule has 0 radical (unpaired) electrons. The molecule has 0 unspecified atom stereocenters. The Morgan fingerprint density at radius 2 is 1.88 bits per heavy atom. The van der Waals surface area contributed by atoms with Gasteiger partial charge in [-0.15, -0.1) is 6.58 Å². The predicted octanol–water partition coefficient (Wildman–Crippen LogP) is 4.83. The van der Waals surface area contributed by atoms with E-state index in [4.69, 9.17) is 16.3 Å². The molecule has 1 aliphatic rings. The number of carbonyl (C=O) groups excluding carboxylic acids is 2. The number of ether oxygens (including phenoxy) is 1. The van der Waals surface area contributed by atoms with Crippen molar-refractivity contribution in [1.29, 1.82) is 0 Å². The van der Waals surface area contributed by atoms with Crippen LogP contribution in [0.5, 0.6) is 5.75 Å². The Morgan fingerprint density at radius 1 is 1.09 bits per heavy atom. The van der Waals surface area contributed by atoms with Gasteiger partial charge in [0, 0.05) is 12.1 Å². The topological polar surface area (TPSA) is 92.8 Å². The number of esters is 1. The van der Waals surface area contributed by atoms with Gasteiger partial charge in [0.15, 0.2) is 0 Å². The molecule has 0 bridgehead atoms. The third-order valence-electron chi connectivity index (χ3n) is 5.26. The standard InChI is InChI=1S/C25H21ClN2O5S/c1-2-14-28(23-9-4-3-8-21(23)26)34(31,32)20-7-5-6-18(16-20)25(30)33-19-11-12-22-17(15-19)10-13-24(29)27-22/h2-9,11-12,15-16H,1,10,13-14H2,(H,27,29). The molecule has 174 valence electrons. The third-order valence-corrected chi connectivity index (χ3v) is 7.35. The first-order chi connectivity index (χ1) is 16.3. The molecule has 34 heavy (non-hydrogen) atoms. The van der Waals surface area contributed by atoms with Gasteiger partial charge in [0.25, 0.3) is 10.0 Å². The summed E-state index contributed by atoms with van der Waals surface area (Å²) in [5, 5.41) is 3.04. The van der Waals surface area contributed by atoms with Crippen LogP contribution in [0.3, 0.4) is 0 Å². The number of carbonyl (C=O) groups is 2. The van der Waals surface area contributed by atoms with Crippen LogP contribution in [-0.2, 0) is 21.2 Å². The van der Waals surface area contributed by atoms with Crippen LogP contribution in [0.15, 0.2) is 84.3 Å². The fraction of sp³-hybridized carbons (Fsp3) is 0.120. The van der Waals surface area contributed by atoms with Gasteiger partial charge >= 0.3 is 5.97 Å². The van der Waals surface area contributed by atoms with Crippen molar-refractivity contribution in [2.45, 2.75) is 17.7 Å². The SMILES string of the molecule is C=CCN(c1ccccc1Cl)S(=O)(=O)c1cccc(C(=O)Oc2ccc3c(c2)CCC(=O)N3)c1. The number of nitrogens with one attached hydrogen (secondary N) is 1. The van der Waals surface area contributed by atoms with Crippen molar-refractivity contribution >= 4 is 44.9 Å². The number of nitrogens with zero attached hydrogens (tertiary/aromatic N) is 1. The first-order valence-corrected chi connectivity index (χ1v) is 12.2. The molecule has 9 heteroatoms. The Kier molecular flexibility index (Phi) is 6.72. The van der Waals surface area contributed by atoms with E-state index in [1.807, 2.05) is 0 Å². The molecule has 0 aliphatic carbocycles. The number of benzene rings is 3. The van der Waals surface area contributed by atoms with Gasteiger partial charge in [-0.3, -0.25) is 9.10 Å². The molecule has 0 spiro atoms. The molecule has 0 fully saturated rings. The molecular weight excluding hydrogens is 476 g/mol. The summed E-state index contributed by atoms with van der Waals surface area (Å²) in [6.45, 7) is 3.64. The van der Waals surface area contributed by atoms with Crippen LogP contribution >= 0.6 is 11.6 Å².